The normalized spacial score (nSPS) is 11.0. The number of anilines is 1. The Hall–Kier alpha value is -1.40. The van der Waals surface area contributed by atoms with Gasteiger partial charge in [-0.2, -0.15) is 0 Å². The monoisotopic (exact) mass is 356 g/mol. The lowest BCUT2D eigenvalue weighted by Crippen LogP contribution is -2.39. The predicted molar refractivity (Wildman–Crippen MR) is 86.5 cm³/mol. The number of nitrogens with one attached hydrogen (secondary N) is 1. The second-order valence-corrected chi connectivity index (χ2v) is 6.07. The number of hydrogen-bond acceptors (Lipinski definition) is 3. The van der Waals surface area contributed by atoms with Crippen LogP contribution in [0, 0.1) is 6.92 Å². The Labute approximate surface area is 133 Å². The number of carboxylic acid groups (broad SMARTS) is 1. The van der Waals surface area contributed by atoms with Crippen LogP contribution in [0.4, 0.5) is 5.69 Å². The van der Waals surface area contributed by atoms with Gasteiger partial charge in [0.1, 0.15) is 0 Å². The second kappa shape index (κ2) is 8.14. The molecule has 2 N–H and O–H groups in total. The van der Waals surface area contributed by atoms with E-state index < -0.39 is 5.97 Å². The van der Waals surface area contributed by atoms with Crippen molar-refractivity contribution in [1.29, 1.82) is 0 Å². The zero-order valence-electron chi connectivity index (χ0n) is 12.5. The number of amides is 1. The summed E-state index contributed by atoms with van der Waals surface area (Å²) in [7, 11) is 0. The number of rotatable bonds is 7. The molecule has 116 valence electrons. The van der Waals surface area contributed by atoms with Crippen LogP contribution in [0.3, 0.4) is 0 Å². The van der Waals surface area contributed by atoms with Gasteiger partial charge in [0, 0.05) is 22.7 Å². The van der Waals surface area contributed by atoms with E-state index in [0.717, 1.165) is 15.7 Å². The Morgan fingerprint density at radius 1 is 1.38 bits per heavy atom. The maximum absolute atomic E-state index is 12.1. The number of aliphatic carboxylic acids is 1. The summed E-state index contributed by atoms with van der Waals surface area (Å²) in [6.07, 6.45) is 0.0306. The minimum atomic E-state index is -0.857. The van der Waals surface area contributed by atoms with Crippen LogP contribution in [0.2, 0.25) is 0 Å². The van der Waals surface area contributed by atoms with E-state index in [1.54, 1.807) is 0 Å². The van der Waals surface area contributed by atoms with E-state index in [9.17, 15) is 9.59 Å². The summed E-state index contributed by atoms with van der Waals surface area (Å²) in [5.41, 5.74) is 1.78. The molecule has 1 amide bonds. The molecule has 0 saturated heterocycles. The summed E-state index contributed by atoms with van der Waals surface area (Å²) in [4.78, 5) is 24.5. The molecule has 0 unspecified atom stereocenters. The highest BCUT2D eigenvalue weighted by Crippen LogP contribution is 2.20. The van der Waals surface area contributed by atoms with Crippen LogP contribution in [0.15, 0.2) is 22.7 Å². The SMILES string of the molecule is Cc1cc(NC(=O)CN(CCC(=O)O)C(C)C)ccc1Br. The summed E-state index contributed by atoms with van der Waals surface area (Å²) in [6.45, 7) is 6.38. The fourth-order valence-corrected chi connectivity index (χ4v) is 2.11. The van der Waals surface area contributed by atoms with E-state index >= 15 is 0 Å². The number of carbonyl (C=O) groups is 2. The third kappa shape index (κ3) is 6.27. The Bertz CT molecular complexity index is 518. The topological polar surface area (TPSA) is 69.6 Å². The van der Waals surface area contributed by atoms with E-state index in [0.29, 0.717) is 6.54 Å². The van der Waals surface area contributed by atoms with Crippen molar-refractivity contribution in [2.45, 2.75) is 33.2 Å². The maximum Gasteiger partial charge on any atom is 0.304 e. The molecule has 1 aromatic rings. The molecule has 1 aromatic carbocycles. The average molecular weight is 357 g/mol. The molecule has 21 heavy (non-hydrogen) atoms. The number of halogens is 1. The lowest BCUT2D eigenvalue weighted by molar-refractivity contribution is -0.137. The molecule has 0 aliphatic rings. The molecule has 5 nitrogen and oxygen atoms in total. The smallest absolute Gasteiger partial charge is 0.304 e. The Morgan fingerprint density at radius 3 is 2.57 bits per heavy atom. The van der Waals surface area contributed by atoms with Crippen molar-refractivity contribution in [1.82, 2.24) is 4.90 Å². The molecule has 0 bridgehead atoms. The number of carbonyl (C=O) groups excluding carboxylic acids is 1. The molecule has 0 aromatic heterocycles. The quantitative estimate of drug-likeness (QED) is 0.787. The molecule has 0 radical (unpaired) electrons. The molecule has 0 aliphatic carbocycles. The molecular weight excluding hydrogens is 336 g/mol. The molecule has 6 heteroatoms. The highest BCUT2D eigenvalue weighted by molar-refractivity contribution is 9.10. The zero-order chi connectivity index (χ0) is 16.0. The van der Waals surface area contributed by atoms with Gasteiger partial charge >= 0.3 is 5.97 Å². The number of aryl methyl sites for hydroxylation is 1. The molecule has 0 spiro atoms. The van der Waals surface area contributed by atoms with Crippen molar-refractivity contribution in [3.8, 4) is 0 Å². The van der Waals surface area contributed by atoms with Gasteiger partial charge in [0.15, 0.2) is 0 Å². The highest BCUT2D eigenvalue weighted by atomic mass is 79.9. The fraction of sp³-hybridized carbons (Fsp3) is 0.467. The summed E-state index contributed by atoms with van der Waals surface area (Å²) in [5, 5.41) is 11.6. The van der Waals surface area contributed by atoms with Crippen LogP contribution in [-0.2, 0) is 9.59 Å². The maximum atomic E-state index is 12.1. The minimum absolute atomic E-state index is 0.0306. The molecule has 0 saturated carbocycles. The summed E-state index contributed by atoms with van der Waals surface area (Å²) in [6, 6.07) is 5.71. The van der Waals surface area contributed by atoms with Crippen LogP contribution in [-0.4, -0.2) is 41.0 Å². The van der Waals surface area contributed by atoms with Gasteiger partial charge in [-0.05, 0) is 44.5 Å². The number of hydrogen-bond donors (Lipinski definition) is 2. The zero-order valence-corrected chi connectivity index (χ0v) is 14.1. The van der Waals surface area contributed by atoms with Crippen molar-refractivity contribution in [2.75, 3.05) is 18.4 Å². The first-order valence-electron chi connectivity index (χ1n) is 6.81. The largest absolute Gasteiger partial charge is 0.481 e. The van der Waals surface area contributed by atoms with Crippen LogP contribution >= 0.6 is 15.9 Å². The van der Waals surface area contributed by atoms with Crippen molar-refractivity contribution in [3.05, 3.63) is 28.2 Å². The van der Waals surface area contributed by atoms with Crippen molar-refractivity contribution >= 4 is 33.5 Å². The van der Waals surface area contributed by atoms with E-state index in [4.69, 9.17) is 5.11 Å². The van der Waals surface area contributed by atoms with Crippen LogP contribution in [0.25, 0.3) is 0 Å². The molecule has 0 atom stereocenters. The van der Waals surface area contributed by atoms with Crippen molar-refractivity contribution < 1.29 is 14.7 Å². The van der Waals surface area contributed by atoms with E-state index in [2.05, 4.69) is 21.2 Å². The van der Waals surface area contributed by atoms with Gasteiger partial charge in [-0.3, -0.25) is 14.5 Å². The Kier molecular flexibility index (Phi) is 6.84. The average Bonchev–Trinajstić information content (AvgIpc) is 2.38. The van der Waals surface area contributed by atoms with Crippen LogP contribution in [0.5, 0.6) is 0 Å². The van der Waals surface area contributed by atoms with Gasteiger partial charge in [0.25, 0.3) is 0 Å². The molecular formula is C15H21BrN2O3. The molecule has 0 aliphatic heterocycles. The first-order chi connectivity index (χ1) is 9.79. The Balaban J connectivity index is 2.60. The number of carboxylic acids is 1. The lowest BCUT2D eigenvalue weighted by Gasteiger charge is -2.25. The van der Waals surface area contributed by atoms with Crippen molar-refractivity contribution in [2.24, 2.45) is 0 Å². The van der Waals surface area contributed by atoms with Gasteiger partial charge < -0.3 is 10.4 Å². The Morgan fingerprint density at radius 2 is 2.05 bits per heavy atom. The van der Waals surface area contributed by atoms with Crippen LogP contribution in [0.1, 0.15) is 25.8 Å². The summed E-state index contributed by atoms with van der Waals surface area (Å²) < 4.78 is 0.991. The van der Waals surface area contributed by atoms with E-state index in [1.165, 1.54) is 0 Å². The van der Waals surface area contributed by atoms with Gasteiger partial charge in [0.2, 0.25) is 5.91 Å². The third-order valence-corrected chi connectivity index (χ3v) is 4.02. The molecule has 1 rings (SSSR count). The number of benzene rings is 1. The van der Waals surface area contributed by atoms with Gasteiger partial charge in [-0.25, -0.2) is 0 Å². The first kappa shape index (κ1) is 17.7. The number of nitrogens with zero attached hydrogens (tertiary/aromatic N) is 1. The lowest BCUT2D eigenvalue weighted by atomic mass is 10.2. The predicted octanol–water partition coefficient (Wildman–Crippen LogP) is 2.88. The van der Waals surface area contributed by atoms with E-state index in [1.807, 2.05) is 43.9 Å². The van der Waals surface area contributed by atoms with Gasteiger partial charge in [-0.1, -0.05) is 15.9 Å². The summed E-state index contributed by atoms with van der Waals surface area (Å²) in [5.74, 6) is -1.000. The highest BCUT2D eigenvalue weighted by Gasteiger charge is 2.15. The summed E-state index contributed by atoms with van der Waals surface area (Å²) >= 11 is 3.41. The first-order valence-corrected chi connectivity index (χ1v) is 7.60. The molecule has 0 fully saturated rings. The minimum Gasteiger partial charge on any atom is -0.481 e. The van der Waals surface area contributed by atoms with E-state index in [-0.39, 0.29) is 24.9 Å². The van der Waals surface area contributed by atoms with Gasteiger partial charge in [0.05, 0.1) is 13.0 Å². The fourth-order valence-electron chi connectivity index (χ4n) is 1.87. The van der Waals surface area contributed by atoms with Crippen LogP contribution < -0.4 is 5.32 Å². The second-order valence-electron chi connectivity index (χ2n) is 5.22. The third-order valence-electron chi connectivity index (χ3n) is 3.13. The van der Waals surface area contributed by atoms with Gasteiger partial charge in [-0.15, -0.1) is 0 Å². The standard InChI is InChI=1S/C15H21BrN2O3/c1-10(2)18(7-6-15(20)21)9-14(19)17-12-4-5-13(16)11(3)8-12/h4-5,8,10H,6-7,9H2,1-3H3,(H,17,19)(H,20,21). The van der Waals surface area contributed by atoms with Crippen molar-refractivity contribution in [3.63, 3.8) is 0 Å². The molecule has 0 heterocycles.